The van der Waals surface area contributed by atoms with Crippen molar-refractivity contribution in [1.82, 2.24) is 14.2 Å². The lowest BCUT2D eigenvalue weighted by molar-refractivity contribution is 0.181. The van der Waals surface area contributed by atoms with Gasteiger partial charge in [0.2, 0.25) is 10.0 Å². The van der Waals surface area contributed by atoms with Crippen LogP contribution < -0.4 is 0 Å². The van der Waals surface area contributed by atoms with Gasteiger partial charge < -0.3 is 0 Å². The first-order valence-corrected chi connectivity index (χ1v) is 11.1. The lowest BCUT2D eigenvalue weighted by Crippen LogP contribution is -2.48. The zero-order valence-corrected chi connectivity index (χ0v) is 16.8. The summed E-state index contributed by atoms with van der Waals surface area (Å²) in [7, 11) is -3.54. The van der Waals surface area contributed by atoms with Crippen LogP contribution in [-0.2, 0) is 16.6 Å². The maximum Gasteiger partial charge on any atom is 0.244 e. The summed E-state index contributed by atoms with van der Waals surface area (Å²) in [5, 5.41) is 9.28. The van der Waals surface area contributed by atoms with E-state index < -0.39 is 10.0 Å². The molecule has 0 N–H and O–H groups in total. The third-order valence-electron chi connectivity index (χ3n) is 4.41. The molecule has 0 radical (unpaired) electrons. The third kappa shape index (κ3) is 5.08. The summed E-state index contributed by atoms with van der Waals surface area (Å²) in [6.07, 6.45) is 1.39. The van der Waals surface area contributed by atoms with Gasteiger partial charge in [0, 0.05) is 38.9 Å². The second-order valence-electron chi connectivity index (χ2n) is 6.39. The predicted molar refractivity (Wildman–Crippen MR) is 106 cm³/mol. The van der Waals surface area contributed by atoms with E-state index in [9.17, 15) is 8.42 Å². The lowest BCUT2D eigenvalue weighted by Gasteiger charge is -2.33. The van der Waals surface area contributed by atoms with Gasteiger partial charge in [-0.05, 0) is 24.6 Å². The van der Waals surface area contributed by atoms with Crippen molar-refractivity contribution in [2.24, 2.45) is 0 Å². The fourth-order valence-electron chi connectivity index (χ4n) is 2.92. The van der Waals surface area contributed by atoms with Crippen LogP contribution in [0.25, 0.3) is 0 Å². The van der Waals surface area contributed by atoms with Gasteiger partial charge in [-0.3, -0.25) is 4.90 Å². The molecule has 2 aromatic rings. The molecule has 0 saturated carbocycles. The van der Waals surface area contributed by atoms with E-state index in [1.54, 1.807) is 19.1 Å². The normalized spacial score (nSPS) is 17.3. The minimum absolute atomic E-state index is 0.202. The van der Waals surface area contributed by atoms with E-state index in [-0.39, 0.29) is 10.1 Å². The molecule has 2 heterocycles. The molecular formula is C19H22N4O2S2. The summed E-state index contributed by atoms with van der Waals surface area (Å²) in [6.45, 7) is 4.96. The van der Waals surface area contributed by atoms with Crippen LogP contribution in [0.4, 0.5) is 0 Å². The topological polar surface area (TPSA) is 77.3 Å². The van der Waals surface area contributed by atoms with Crippen molar-refractivity contribution < 1.29 is 8.42 Å². The number of benzene rings is 1. The molecule has 1 aliphatic rings. The van der Waals surface area contributed by atoms with Crippen LogP contribution in [0.3, 0.4) is 0 Å². The fourth-order valence-corrected chi connectivity index (χ4v) is 4.96. The number of hydrogen-bond acceptors (Lipinski definition) is 6. The number of piperazine rings is 1. The highest BCUT2D eigenvalue weighted by atomic mass is 32.2. The Balaban J connectivity index is 1.60. The lowest BCUT2D eigenvalue weighted by atomic mass is 10.2. The van der Waals surface area contributed by atoms with Crippen molar-refractivity contribution in [3.05, 3.63) is 54.2 Å². The van der Waals surface area contributed by atoms with Gasteiger partial charge in [0.05, 0.1) is 16.3 Å². The molecule has 27 heavy (non-hydrogen) atoms. The van der Waals surface area contributed by atoms with Gasteiger partial charge in [0.1, 0.15) is 4.90 Å². The van der Waals surface area contributed by atoms with E-state index in [1.165, 1.54) is 27.8 Å². The highest BCUT2D eigenvalue weighted by Gasteiger charge is 2.28. The van der Waals surface area contributed by atoms with Crippen molar-refractivity contribution in [1.29, 1.82) is 5.26 Å². The van der Waals surface area contributed by atoms with Crippen molar-refractivity contribution in [3.8, 4) is 6.07 Å². The van der Waals surface area contributed by atoms with Crippen LogP contribution in [0.5, 0.6) is 0 Å². The zero-order valence-electron chi connectivity index (χ0n) is 15.2. The van der Waals surface area contributed by atoms with Gasteiger partial charge in [-0.1, -0.05) is 42.1 Å². The maximum absolute atomic E-state index is 12.9. The summed E-state index contributed by atoms with van der Waals surface area (Å²) in [4.78, 5) is 6.66. The number of aromatic nitrogens is 1. The molecule has 142 valence electrons. The molecule has 1 aromatic heterocycles. The van der Waals surface area contributed by atoms with Crippen molar-refractivity contribution in [3.63, 3.8) is 0 Å². The molecule has 0 amide bonds. The molecule has 0 spiro atoms. The molecule has 1 fully saturated rings. The van der Waals surface area contributed by atoms with Crippen LogP contribution in [0.15, 0.2) is 58.6 Å². The molecule has 1 atom stereocenters. The number of thioether (sulfide) groups is 1. The highest BCUT2D eigenvalue weighted by molar-refractivity contribution is 8.00. The summed E-state index contributed by atoms with van der Waals surface area (Å²) in [5.41, 5.74) is 1.23. The average molecular weight is 403 g/mol. The molecule has 3 rings (SSSR count). The molecule has 8 heteroatoms. The first kappa shape index (κ1) is 19.8. The number of sulfonamides is 1. The monoisotopic (exact) mass is 402 g/mol. The smallest absolute Gasteiger partial charge is 0.244 e. The molecule has 1 saturated heterocycles. The SMILES string of the molecule is CC(C#N)Sc1ccc(S(=O)(=O)N2CCN(Cc3ccccc3)CC2)cn1. The van der Waals surface area contributed by atoms with Gasteiger partial charge in [-0.15, -0.1) is 0 Å². The minimum atomic E-state index is -3.54. The highest BCUT2D eigenvalue weighted by Crippen LogP contribution is 2.23. The Kier molecular flexibility index (Phi) is 6.50. The van der Waals surface area contributed by atoms with Gasteiger partial charge in [-0.2, -0.15) is 9.57 Å². The van der Waals surface area contributed by atoms with E-state index in [0.717, 1.165) is 6.54 Å². The molecular weight excluding hydrogens is 380 g/mol. The molecule has 1 aliphatic heterocycles. The summed E-state index contributed by atoms with van der Waals surface area (Å²) in [5.74, 6) is 0. The van der Waals surface area contributed by atoms with Crippen molar-refractivity contribution >= 4 is 21.8 Å². The Hall–Kier alpha value is -1.92. The van der Waals surface area contributed by atoms with Gasteiger partial charge >= 0.3 is 0 Å². The average Bonchev–Trinajstić information content (AvgIpc) is 2.69. The first-order chi connectivity index (χ1) is 13.0. The fraction of sp³-hybridized carbons (Fsp3) is 0.368. The second-order valence-corrected chi connectivity index (χ2v) is 9.69. The van der Waals surface area contributed by atoms with E-state index in [0.29, 0.717) is 31.2 Å². The summed E-state index contributed by atoms with van der Waals surface area (Å²) >= 11 is 1.31. The Labute approximate surface area is 164 Å². The third-order valence-corrected chi connectivity index (χ3v) is 7.23. The van der Waals surface area contributed by atoms with E-state index >= 15 is 0 Å². The molecule has 6 nitrogen and oxygen atoms in total. The molecule has 1 unspecified atom stereocenters. The van der Waals surface area contributed by atoms with E-state index in [2.05, 4.69) is 28.1 Å². The number of rotatable bonds is 6. The van der Waals surface area contributed by atoms with Crippen LogP contribution >= 0.6 is 11.8 Å². The summed E-state index contributed by atoms with van der Waals surface area (Å²) in [6, 6.07) is 15.6. The zero-order chi connectivity index (χ0) is 19.3. The van der Waals surface area contributed by atoms with Crippen molar-refractivity contribution in [2.75, 3.05) is 26.2 Å². The minimum Gasteiger partial charge on any atom is -0.296 e. The predicted octanol–water partition coefficient (Wildman–Crippen LogP) is 2.59. The largest absolute Gasteiger partial charge is 0.296 e. The number of nitrogens with zero attached hydrogens (tertiary/aromatic N) is 4. The van der Waals surface area contributed by atoms with Gasteiger partial charge in [0.15, 0.2) is 0 Å². The number of pyridine rings is 1. The Morgan fingerprint density at radius 1 is 1.15 bits per heavy atom. The second kappa shape index (κ2) is 8.85. The first-order valence-electron chi connectivity index (χ1n) is 8.78. The number of nitriles is 1. The Bertz CT molecular complexity index is 888. The van der Waals surface area contributed by atoms with E-state index in [4.69, 9.17) is 5.26 Å². The van der Waals surface area contributed by atoms with Crippen molar-refractivity contribution in [2.45, 2.75) is 28.6 Å². The van der Waals surface area contributed by atoms with E-state index in [1.807, 2.05) is 18.2 Å². The quantitative estimate of drug-likeness (QED) is 0.691. The molecule has 1 aromatic carbocycles. The van der Waals surface area contributed by atoms with Gasteiger partial charge in [0.25, 0.3) is 0 Å². The van der Waals surface area contributed by atoms with Crippen LogP contribution in [0, 0.1) is 11.3 Å². The van der Waals surface area contributed by atoms with Crippen LogP contribution in [0.1, 0.15) is 12.5 Å². The Morgan fingerprint density at radius 2 is 1.85 bits per heavy atom. The number of hydrogen-bond donors (Lipinski definition) is 0. The summed E-state index contributed by atoms with van der Waals surface area (Å²) < 4.78 is 27.2. The maximum atomic E-state index is 12.9. The standard InChI is InChI=1S/C19H22N4O2S2/c1-16(13-20)26-19-8-7-18(14-21-19)27(24,25)23-11-9-22(10-12-23)15-17-5-3-2-4-6-17/h2-8,14,16H,9-12,15H2,1H3. The molecule has 0 aliphatic carbocycles. The van der Waals surface area contributed by atoms with Crippen LogP contribution in [-0.4, -0.2) is 54.0 Å². The Morgan fingerprint density at radius 3 is 2.44 bits per heavy atom. The van der Waals surface area contributed by atoms with Crippen LogP contribution in [0.2, 0.25) is 0 Å². The molecule has 0 bridgehead atoms. The van der Waals surface area contributed by atoms with Gasteiger partial charge in [-0.25, -0.2) is 13.4 Å².